The first-order valence-electron chi connectivity index (χ1n) is 10.6. The molecule has 1 fully saturated rings. The highest BCUT2D eigenvalue weighted by Gasteiger charge is 2.27. The van der Waals surface area contributed by atoms with Crippen LogP contribution in [-0.2, 0) is 4.79 Å². The quantitative estimate of drug-likeness (QED) is 0.382. The van der Waals surface area contributed by atoms with E-state index in [1.165, 1.54) is 114 Å². The number of hydrogen-bond acceptors (Lipinski definition) is 2. The van der Waals surface area contributed by atoms with Crippen molar-refractivity contribution >= 4 is 5.97 Å². The van der Waals surface area contributed by atoms with E-state index in [-0.39, 0.29) is 0 Å². The van der Waals surface area contributed by atoms with Crippen molar-refractivity contribution in [1.29, 1.82) is 0 Å². The smallest absolute Gasteiger partial charge is 0.0786 e. The topological polar surface area (TPSA) is 40.1 Å². The van der Waals surface area contributed by atoms with Gasteiger partial charge in [0.25, 0.3) is 0 Å². The summed E-state index contributed by atoms with van der Waals surface area (Å²) in [5, 5.41) is 8.89. The van der Waals surface area contributed by atoms with Crippen molar-refractivity contribution in [3.8, 4) is 0 Å². The van der Waals surface area contributed by atoms with Crippen molar-refractivity contribution in [2.75, 3.05) is 26.2 Å². The van der Waals surface area contributed by atoms with Crippen LogP contribution in [0.25, 0.3) is 0 Å². The van der Waals surface area contributed by atoms with Crippen LogP contribution in [0.5, 0.6) is 0 Å². The lowest BCUT2D eigenvalue weighted by Crippen LogP contribution is -2.52. The van der Waals surface area contributed by atoms with E-state index in [0.717, 1.165) is 6.92 Å². The maximum absolute atomic E-state index is 8.89. The summed E-state index contributed by atoms with van der Waals surface area (Å²) in [6, 6.07) is 0. The largest absolute Gasteiger partial charge is 0.550 e. The van der Waals surface area contributed by atoms with Crippen LogP contribution in [0, 0.1) is 0 Å². The molecule has 1 rings (SSSR count). The Bertz CT molecular complexity index is 276. The molecule has 0 bridgehead atoms. The summed E-state index contributed by atoms with van der Waals surface area (Å²) >= 11 is 0. The number of rotatable bonds is 12. The molecule has 0 saturated carbocycles. The summed E-state index contributed by atoms with van der Waals surface area (Å²) in [5.41, 5.74) is 0. The molecular formula is C21H43NO2. The van der Waals surface area contributed by atoms with E-state index in [2.05, 4.69) is 13.8 Å². The number of aliphatic carboxylic acids is 1. The molecule has 0 unspecified atom stereocenters. The van der Waals surface area contributed by atoms with Crippen LogP contribution in [-0.4, -0.2) is 36.6 Å². The van der Waals surface area contributed by atoms with Gasteiger partial charge in [-0.2, -0.15) is 0 Å². The zero-order valence-electron chi connectivity index (χ0n) is 16.8. The van der Waals surface area contributed by atoms with Gasteiger partial charge >= 0.3 is 0 Å². The normalized spacial score (nSPS) is 16.3. The Balaban J connectivity index is 0.00000118. The van der Waals surface area contributed by atoms with Crippen LogP contribution < -0.4 is 5.11 Å². The fourth-order valence-electron chi connectivity index (χ4n) is 3.97. The molecule has 144 valence electrons. The molecule has 0 aromatic carbocycles. The van der Waals surface area contributed by atoms with E-state index < -0.39 is 5.97 Å². The van der Waals surface area contributed by atoms with Crippen LogP contribution in [0.15, 0.2) is 0 Å². The molecule has 0 aromatic rings. The second-order valence-electron chi connectivity index (χ2n) is 7.62. The number of hydrogen-bond donors (Lipinski definition) is 0. The number of unbranched alkanes of at least 4 members (excludes halogenated alkanes) is 8. The molecule has 0 aromatic heterocycles. The zero-order chi connectivity index (χ0) is 18.1. The van der Waals surface area contributed by atoms with Crippen molar-refractivity contribution in [2.24, 2.45) is 0 Å². The standard InChI is InChI=1S/C19H40N.C2H4O2/c1-3-5-6-7-8-9-10-11-13-17-20(16-4-2)18-14-12-15-19-20;1-2(3)4/h3-19H2,1-2H3;1H3,(H,3,4)/q+1;/p-1. The van der Waals surface area contributed by atoms with Crippen LogP contribution >= 0.6 is 0 Å². The van der Waals surface area contributed by atoms with E-state index in [1.54, 1.807) is 0 Å². The molecule has 0 N–H and O–H groups in total. The van der Waals surface area contributed by atoms with Gasteiger partial charge in [0.05, 0.1) is 26.2 Å². The van der Waals surface area contributed by atoms with Gasteiger partial charge in [0.2, 0.25) is 0 Å². The Hall–Kier alpha value is -0.570. The van der Waals surface area contributed by atoms with Crippen molar-refractivity contribution in [2.45, 2.75) is 104 Å². The molecule has 3 nitrogen and oxygen atoms in total. The maximum Gasteiger partial charge on any atom is 0.0786 e. The minimum Gasteiger partial charge on any atom is -0.550 e. The first-order valence-corrected chi connectivity index (χ1v) is 10.6. The van der Waals surface area contributed by atoms with Gasteiger partial charge in [-0.25, -0.2) is 0 Å². The summed E-state index contributed by atoms with van der Waals surface area (Å²) in [5.74, 6) is -1.08. The van der Waals surface area contributed by atoms with E-state index >= 15 is 0 Å². The summed E-state index contributed by atoms with van der Waals surface area (Å²) in [7, 11) is 0. The fourth-order valence-corrected chi connectivity index (χ4v) is 3.97. The molecule has 0 spiro atoms. The lowest BCUT2D eigenvalue weighted by molar-refractivity contribution is -0.932. The molecule has 0 amide bonds. The second kappa shape index (κ2) is 15.9. The number of carbonyl (C=O) groups is 1. The summed E-state index contributed by atoms with van der Waals surface area (Å²) in [6.07, 6.45) is 19.0. The average Bonchev–Trinajstić information content (AvgIpc) is 2.54. The fraction of sp³-hybridized carbons (Fsp3) is 0.952. The van der Waals surface area contributed by atoms with Crippen LogP contribution in [0.1, 0.15) is 104 Å². The average molecular weight is 342 g/mol. The minimum absolute atomic E-state index is 0.972. The lowest BCUT2D eigenvalue weighted by atomic mass is 10.0. The first kappa shape index (κ1) is 23.4. The highest BCUT2D eigenvalue weighted by molar-refractivity contribution is 5.60. The van der Waals surface area contributed by atoms with Crippen LogP contribution in [0.3, 0.4) is 0 Å². The molecular weight excluding hydrogens is 298 g/mol. The number of likely N-dealkylation sites (tertiary alicyclic amines) is 1. The van der Waals surface area contributed by atoms with E-state index in [9.17, 15) is 0 Å². The first-order chi connectivity index (χ1) is 11.6. The van der Waals surface area contributed by atoms with Gasteiger partial charge in [0.1, 0.15) is 0 Å². The van der Waals surface area contributed by atoms with Gasteiger partial charge < -0.3 is 14.4 Å². The molecule has 0 atom stereocenters. The van der Waals surface area contributed by atoms with E-state index in [4.69, 9.17) is 9.90 Å². The SMILES string of the molecule is CC(=O)[O-].CCCCCCCCCCC[N+]1(CCC)CCCCC1. The lowest BCUT2D eigenvalue weighted by Gasteiger charge is -2.41. The molecule has 24 heavy (non-hydrogen) atoms. The molecule has 1 heterocycles. The third-order valence-electron chi connectivity index (χ3n) is 5.20. The highest BCUT2D eigenvalue weighted by atomic mass is 16.4. The van der Waals surface area contributed by atoms with Gasteiger partial charge in [-0.05, 0) is 45.4 Å². The summed E-state index contributed by atoms with van der Waals surface area (Å²) < 4.78 is 1.47. The number of carbonyl (C=O) groups excluding carboxylic acids is 1. The highest BCUT2D eigenvalue weighted by Crippen LogP contribution is 2.21. The Morgan fingerprint density at radius 3 is 1.67 bits per heavy atom. The number of nitrogens with zero attached hydrogens (tertiary/aromatic N) is 1. The van der Waals surface area contributed by atoms with Crippen molar-refractivity contribution < 1.29 is 14.4 Å². The van der Waals surface area contributed by atoms with Crippen molar-refractivity contribution in [3.05, 3.63) is 0 Å². The number of carboxylic acids is 1. The van der Waals surface area contributed by atoms with Crippen LogP contribution in [0.2, 0.25) is 0 Å². The number of piperidine rings is 1. The van der Waals surface area contributed by atoms with Gasteiger partial charge in [-0.15, -0.1) is 0 Å². The minimum atomic E-state index is -1.08. The molecule has 3 heteroatoms. The van der Waals surface area contributed by atoms with Crippen LogP contribution in [0.4, 0.5) is 0 Å². The number of carboxylic acid groups (broad SMARTS) is 1. The van der Waals surface area contributed by atoms with Gasteiger partial charge in [0, 0.05) is 5.97 Å². The van der Waals surface area contributed by atoms with Gasteiger partial charge in [0.15, 0.2) is 0 Å². The Kier molecular flexibility index (Phi) is 15.6. The molecule has 0 radical (unpaired) electrons. The second-order valence-corrected chi connectivity index (χ2v) is 7.62. The van der Waals surface area contributed by atoms with Gasteiger partial charge in [-0.3, -0.25) is 0 Å². The maximum atomic E-state index is 8.89. The predicted octanol–water partition coefficient (Wildman–Crippen LogP) is 4.68. The molecule has 1 aliphatic heterocycles. The van der Waals surface area contributed by atoms with Crippen molar-refractivity contribution in [1.82, 2.24) is 0 Å². The third-order valence-corrected chi connectivity index (χ3v) is 5.20. The Labute approximate surface area is 151 Å². The molecule has 1 saturated heterocycles. The van der Waals surface area contributed by atoms with E-state index in [1.807, 2.05) is 0 Å². The predicted molar refractivity (Wildman–Crippen MR) is 102 cm³/mol. The molecule has 1 aliphatic rings. The van der Waals surface area contributed by atoms with Gasteiger partial charge in [-0.1, -0.05) is 58.8 Å². The third kappa shape index (κ3) is 13.8. The number of quaternary nitrogens is 1. The Morgan fingerprint density at radius 2 is 1.21 bits per heavy atom. The Morgan fingerprint density at radius 1 is 0.750 bits per heavy atom. The van der Waals surface area contributed by atoms with E-state index in [0.29, 0.717) is 0 Å². The monoisotopic (exact) mass is 341 g/mol. The molecule has 0 aliphatic carbocycles. The summed E-state index contributed by atoms with van der Waals surface area (Å²) in [4.78, 5) is 8.89. The summed E-state index contributed by atoms with van der Waals surface area (Å²) in [6.45, 7) is 11.5. The zero-order valence-corrected chi connectivity index (χ0v) is 16.8. The van der Waals surface area contributed by atoms with Crippen molar-refractivity contribution in [3.63, 3.8) is 0 Å².